The second-order valence-corrected chi connectivity index (χ2v) is 22.1. The third kappa shape index (κ3) is 53.8. The third-order valence-electron chi connectivity index (χ3n) is 14.6. The maximum absolute atomic E-state index is 12.9. The lowest BCUT2D eigenvalue weighted by molar-refractivity contribution is -0.167. The summed E-state index contributed by atoms with van der Waals surface area (Å²) in [6, 6.07) is 0. The average Bonchev–Trinajstić information content (AvgIpc) is 3.32. The molecule has 0 rings (SSSR count). The topological polar surface area (TPSA) is 78.9 Å². The van der Waals surface area contributed by atoms with Gasteiger partial charge in [-0.15, -0.1) is 0 Å². The van der Waals surface area contributed by atoms with E-state index in [1.54, 1.807) is 0 Å². The number of carbonyl (C=O) groups excluding carboxylic acids is 3. The third-order valence-corrected chi connectivity index (χ3v) is 14.6. The summed E-state index contributed by atoms with van der Waals surface area (Å²) in [7, 11) is 0. The Kier molecular flexibility index (Phi) is 53.5. The first-order chi connectivity index (χ1) is 33.3. The average molecular weight is 962 g/mol. The van der Waals surface area contributed by atoms with Crippen molar-refractivity contribution in [2.75, 3.05) is 13.2 Å². The Bertz CT molecular complexity index is 1040. The zero-order chi connectivity index (χ0) is 49.6. The van der Waals surface area contributed by atoms with Gasteiger partial charge in [0.1, 0.15) is 13.2 Å². The molecule has 0 saturated heterocycles. The standard InChI is InChI=1S/C62H120O6/c1-6-8-9-10-11-12-13-14-22-27-32-37-42-47-52-60(63)66-55-59(68-62(65)54-49-44-39-34-29-24-17-15-16-20-25-30-35-40-45-50-57(3)4)56-67-61(64)53-48-43-38-33-28-23-19-18-21-26-31-36-41-46-51-58(5)7-2/h57-59H,6-56H2,1-5H3/t58?,59-/m0/s1. The zero-order valence-electron chi connectivity index (χ0n) is 46.7. The Labute approximate surface area is 425 Å². The highest BCUT2D eigenvalue weighted by atomic mass is 16.6. The summed E-state index contributed by atoms with van der Waals surface area (Å²) in [4.78, 5) is 38.2. The molecule has 0 amide bonds. The molecule has 0 aromatic rings. The van der Waals surface area contributed by atoms with Crippen molar-refractivity contribution < 1.29 is 28.6 Å². The smallest absolute Gasteiger partial charge is 0.306 e. The summed E-state index contributed by atoms with van der Waals surface area (Å²) in [6.45, 7) is 11.5. The fraction of sp³-hybridized carbons (Fsp3) is 0.952. The molecule has 0 heterocycles. The van der Waals surface area contributed by atoms with Crippen LogP contribution >= 0.6 is 0 Å². The van der Waals surface area contributed by atoms with Gasteiger partial charge < -0.3 is 14.2 Å². The highest BCUT2D eigenvalue weighted by Crippen LogP contribution is 2.19. The summed E-state index contributed by atoms with van der Waals surface area (Å²) in [5.74, 6) is 0.910. The van der Waals surface area contributed by atoms with Gasteiger partial charge in [0.25, 0.3) is 0 Å². The van der Waals surface area contributed by atoms with Gasteiger partial charge >= 0.3 is 17.9 Å². The van der Waals surface area contributed by atoms with Gasteiger partial charge in [-0.05, 0) is 31.1 Å². The lowest BCUT2D eigenvalue weighted by Crippen LogP contribution is -2.30. The largest absolute Gasteiger partial charge is 0.462 e. The summed E-state index contributed by atoms with van der Waals surface area (Å²) in [6.07, 6.45) is 59.4. The predicted octanol–water partition coefficient (Wildman–Crippen LogP) is 20.4. The fourth-order valence-electron chi connectivity index (χ4n) is 9.55. The van der Waals surface area contributed by atoms with E-state index in [-0.39, 0.29) is 31.1 Å². The van der Waals surface area contributed by atoms with Gasteiger partial charge in [-0.25, -0.2) is 0 Å². The Hall–Kier alpha value is -1.59. The molecule has 0 aromatic heterocycles. The Balaban J connectivity index is 4.29. The SMILES string of the molecule is CCCCCCCCCCCCCCCCC(=O)OC[C@@H](COC(=O)CCCCCCCCCCCCCCCCC(C)CC)OC(=O)CCCCCCCCCCCCCCCCCC(C)C. The minimum Gasteiger partial charge on any atom is -0.462 e. The van der Waals surface area contributed by atoms with Crippen molar-refractivity contribution in [1.29, 1.82) is 0 Å². The van der Waals surface area contributed by atoms with Crippen LogP contribution < -0.4 is 0 Å². The van der Waals surface area contributed by atoms with Crippen LogP contribution in [-0.2, 0) is 28.6 Å². The first kappa shape index (κ1) is 66.4. The second kappa shape index (κ2) is 54.7. The van der Waals surface area contributed by atoms with E-state index in [0.717, 1.165) is 69.6 Å². The van der Waals surface area contributed by atoms with E-state index in [1.807, 2.05) is 0 Å². The van der Waals surface area contributed by atoms with Gasteiger partial charge in [0.2, 0.25) is 0 Å². The number of carbonyl (C=O) groups is 3. The molecule has 0 aliphatic heterocycles. The Morgan fingerprint density at radius 3 is 0.838 bits per heavy atom. The second-order valence-electron chi connectivity index (χ2n) is 22.1. The van der Waals surface area contributed by atoms with Crippen molar-refractivity contribution in [3.8, 4) is 0 Å². The molecule has 0 saturated carbocycles. The van der Waals surface area contributed by atoms with E-state index in [0.29, 0.717) is 19.3 Å². The highest BCUT2D eigenvalue weighted by Gasteiger charge is 2.19. The normalized spacial score (nSPS) is 12.4. The fourth-order valence-corrected chi connectivity index (χ4v) is 9.55. The zero-order valence-corrected chi connectivity index (χ0v) is 46.7. The van der Waals surface area contributed by atoms with Crippen molar-refractivity contribution in [3.05, 3.63) is 0 Å². The molecular weight excluding hydrogens is 841 g/mol. The monoisotopic (exact) mass is 961 g/mol. The first-order valence-corrected chi connectivity index (χ1v) is 30.8. The van der Waals surface area contributed by atoms with E-state index >= 15 is 0 Å². The molecule has 0 bridgehead atoms. The Morgan fingerprint density at radius 2 is 0.559 bits per heavy atom. The molecule has 6 heteroatoms. The van der Waals surface area contributed by atoms with Gasteiger partial charge in [0.05, 0.1) is 0 Å². The molecule has 0 spiro atoms. The minimum atomic E-state index is -0.763. The summed E-state index contributed by atoms with van der Waals surface area (Å²) in [5.41, 5.74) is 0. The number of hydrogen-bond donors (Lipinski definition) is 0. The first-order valence-electron chi connectivity index (χ1n) is 30.8. The summed E-state index contributed by atoms with van der Waals surface area (Å²) >= 11 is 0. The van der Waals surface area contributed by atoms with Crippen LogP contribution in [0.2, 0.25) is 0 Å². The van der Waals surface area contributed by atoms with Gasteiger partial charge in [-0.1, -0.05) is 311 Å². The molecule has 0 N–H and O–H groups in total. The predicted molar refractivity (Wildman–Crippen MR) is 293 cm³/mol. The Morgan fingerprint density at radius 1 is 0.309 bits per heavy atom. The van der Waals surface area contributed by atoms with Crippen LogP contribution in [0, 0.1) is 11.8 Å². The van der Waals surface area contributed by atoms with Crippen molar-refractivity contribution in [2.45, 2.75) is 355 Å². The van der Waals surface area contributed by atoms with E-state index in [4.69, 9.17) is 14.2 Å². The van der Waals surface area contributed by atoms with Gasteiger partial charge in [-0.2, -0.15) is 0 Å². The van der Waals surface area contributed by atoms with Crippen LogP contribution in [0.25, 0.3) is 0 Å². The number of unbranched alkanes of at least 4 members (excludes halogenated alkanes) is 40. The quantitative estimate of drug-likeness (QED) is 0.0343. The number of rotatable bonds is 56. The number of hydrogen-bond acceptors (Lipinski definition) is 6. The number of esters is 3. The maximum Gasteiger partial charge on any atom is 0.306 e. The van der Waals surface area contributed by atoms with Crippen LogP contribution in [0.15, 0.2) is 0 Å². The van der Waals surface area contributed by atoms with Crippen molar-refractivity contribution in [1.82, 2.24) is 0 Å². The molecule has 0 fully saturated rings. The molecule has 0 aromatic carbocycles. The van der Waals surface area contributed by atoms with Crippen LogP contribution in [0.5, 0.6) is 0 Å². The maximum atomic E-state index is 12.9. The molecule has 0 aliphatic carbocycles. The van der Waals surface area contributed by atoms with Crippen LogP contribution in [0.4, 0.5) is 0 Å². The van der Waals surface area contributed by atoms with Crippen molar-refractivity contribution in [2.24, 2.45) is 11.8 Å². The highest BCUT2D eigenvalue weighted by molar-refractivity contribution is 5.71. The lowest BCUT2D eigenvalue weighted by Gasteiger charge is -2.18. The number of ether oxygens (including phenoxy) is 3. The molecule has 404 valence electrons. The molecule has 0 radical (unpaired) electrons. The lowest BCUT2D eigenvalue weighted by atomic mass is 9.99. The van der Waals surface area contributed by atoms with Gasteiger partial charge in [-0.3, -0.25) is 14.4 Å². The molecule has 6 nitrogen and oxygen atoms in total. The van der Waals surface area contributed by atoms with E-state index in [9.17, 15) is 14.4 Å². The van der Waals surface area contributed by atoms with E-state index in [1.165, 1.54) is 238 Å². The van der Waals surface area contributed by atoms with Crippen LogP contribution in [-0.4, -0.2) is 37.2 Å². The summed E-state index contributed by atoms with van der Waals surface area (Å²) < 4.78 is 16.9. The van der Waals surface area contributed by atoms with Gasteiger partial charge in [0, 0.05) is 19.3 Å². The van der Waals surface area contributed by atoms with Crippen LogP contribution in [0.1, 0.15) is 349 Å². The molecule has 68 heavy (non-hydrogen) atoms. The van der Waals surface area contributed by atoms with Crippen molar-refractivity contribution >= 4 is 17.9 Å². The summed E-state index contributed by atoms with van der Waals surface area (Å²) in [5, 5.41) is 0. The molecule has 2 atom stereocenters. The molecule has 0 aliphatic rings. The molecule has 1 unspecified atom stereocenters. The van der Waals surface area contributed by atoms with Gasteiger partial charge in [0.15, 0.2) is 6.10 Å². The van der Waals surface area contributed by atoms with E-state index in [2.05, 4.69) is 34.6 Å². The van der Waals surface area contributed by atoms with Crippen LogP contribution in [0.3, 0.4) is 0 Å². The van der Waals surface area contributed by atoms with E-state index < -0.39 is 6.10 Å². The molecular formula is C62H120O6. The minimum absolute atomic E-state index is 0.0621. The van der Waals surface area contributed by atoms with Crippen molar-refractivity contribution in [3.63, 3.8) is 0 Å².